The van der Waals surface area contributed by atoms with E-state index in [4.69, 9.17) is 13.3 Å². The molecule has 3 heterocycles. The van der Waals surface area contributed by atoms with Crippen LogP contribution in [0.5, 0.6) is 0 Å². The van der Waals surface area contributed by atoms with Crippen molar-refractivity contribution in [3.8, 4) is 55.6 Å². The summed E-state index contributed by atoms with van der Waals surface area (Å²) in [4.78, 5) is 0. The van der Waals surface area contributed by atoms with Gasteiger partial charge in [0.1, 0.15) is 28.1 Å². The predicted octanol–water partition coefficient (Wildman–Crippen LogP) is 21.6. The van der Waals surface area contributed by atoms with Gasteiger partial charge in [-0.05, 0) is 180 Å². The van der Waals surface area contributed by atoms with Crippen molar-refractivity contribution in [1.29, 1.82) is 0 Å². The molecule has 16 rings (SSSR count). The normalized spacial score (nSPS) is 13.4. The summed E-state index contributed by atoms with van der Waals surface area (Å²) < 4.78 is 16.9. The Bertz CT molecular complexity index is 4730. The number of aryl methyl sites for hydroxylation is 2. The molecule has 0 amide bonds. The van der Waals surface area contributed by atoms with E-state index in [9.17, 15) is 0 Å². The van der Waals surface area contributed by atoms with Crippen molar-refractivity contribution in [3.05, 3.63) is 270 Å². The first kappa shape index (κ1) is 48.0. The number of hydrogen-bond acceptors (Lipinski definition) is 3. The standard InChI is InChI=1S/C57H42O.C12H8O.C7H8O/c1-33-18-23-43-46(28-33)54(36-20-24-40-38-12-6-9-15-48(38)56(2,3)50(40)31-36)44-26-19-34(35-22-27-53-45(29-35)42-14-8-11-17-52(42)58-53)30-47(44)55(43)37-21-25-41-39-13-7-10-16-49(39)57(4,5)51(41)32-37;1-3-7-11-9(5-1)10-6-2-4-8-12(10)13-11;1-3-7-4-6(2)5-8-7/h6-32H,1-5H3;1-8H;3-5H,1H2,2H3. The minimum Gasteiger partial charge on any atom is -0.465 e. The molecule has 0 radical (unpaired) electrons. The van der Waals surface area contributed by atoms with E-state index < -0.39 is 0 Å². The summed E-state index contributed by atoms with van der Waals surface area (Å²) in [6.07, 6.45) is 3.39. The SMILES string of the molecule is C=Cc1cc(C)co1.Cc1ccc2c(-c3ccc4c(c3)C(C)(C)c3ccccc3-4)c3cc(-c4ccc5oc6ccccc6c5c4)ccc3c(-c3ccc4c(c3)C(C)(C)c3ccccc3-4)c2c1.c1ccc2c(c1)oc1ccccc12. The Balaban J connectivity index is 0.000000222. The summed E-state index contributed by atoms with van der Waals surface area (Å²) in [5.41, 5.74) is 24.4. The molecule has 0 saturated carbocycles. The highest BCUT2D eigenvalue weighted by Crippen LogP contribution is 2.54. The van der Waals surface area contributed by atoms with Gasteiger partial charge in [-0.15, -0.1) is 0 Å². The van der Waals surface area contributed by atoms with E-state index in [2.05, 4.69) is 211 Å². The second-order valence-corrected chi connectivity index (χ2v) is 22.6. The zero-order valence-electron chi connectivity index (χ0n) is 45.4. The lowest BCUT2D eigenvalue weighted by Gasteiger charge is -2.24. The van der Waals surface area contributed by atoms with Gasteiger partial charge in [0.25, 0.3) is 0 Å². The molecule has 0 aliphatic heterocycles. The van der Waals surface area contributed by atoms with Gasteiger partial charge in [0.15, 0.2) is 0 Å². The van der Waals surface area contributed by atoms with Crippen LogP contribution < -0.4 is 0 Å². The van der Waals surface area contributed by atoms with Gasteiger partial charge >= 0.3 is 0 Å². The highest BCUT2D eigenvalue weighted by Gasteiger charge is 2.37. The van der Waals surface area contributed by atoms with E-state index in [1.165, 1.54) is 116 Å². The minimum atomic E-state index is -0.104. The van der Waals surface area contributed by atoms with Crippen LogP contribution in [-0.2, 0) is 10.8 Å². The number of hydrogen-bond donors (Lipinski definition) is 0. The van der Waals surface area contributed by atoms with Crippen molar-refractivity contribution in [2.24, 2.45) is 0 Å². The molecule has 2 aliphatic carbocycles. The van der Waals surface area contributed by atoms with Gasteiger partial charge in [-0.3, -0.25) is 0 Å². The number of fused-ring (bicyclic) bond motifs is 14. The Morgan fingerprint density at radius 1 is 0.329 bits per heavy atom. The van der Waals surface area contributed by atoms with E-state index in [0.29, 0.717) is 0 Å². The summed E-state index contributed by atoms with van der Waals surface area (Å²) in [7, 11) is 0. The van der Waals surface area contributed by atoms with Crippen LogP contribution in [0.1, 0.15) is 66.8 Å². The van der Waals surface area contributed by atoms with Crippen molar-refractivity contribution in [1.82, 2.24) is 0 Å². The second-order valence-electron chi connectivity index (χ2n) is 22.6. The summed E-state index contributed by atoms with van der Waals surface area (Å²) in [6, 6.07) is 79.8. The molecule has 3 heteroatoms. The molecule has 0 fully saturated rings. The predicted molar refractivity (Wildman–Crippen MR) is 332 cm³/mol. The summed E-state index contributed by atoms with van der Waals surface area (Å²) in [5.74, 6) is 0.836. The number of benzene rings is 11. The highest BCUT2D eigenvalue weighted by molar-refractivity contribution is 6.22. The van der Waals surface area contributed by atoms with Crippen LogP contribution >= 0.6 is 0 Å². The van der Waals surface area contributed by atoms with Crippen LogP contribution in [0.3, 0.4) is 0 Å². The van der Waals surface area contributed by atoms with Gasteiger partial charge < -0.3 is 13.3 Å². The van der Waals surface area contributed by atoms with E-state index in [-0.39, 0.29) is 10.8 Å². The van der Waals surface area contributed by atoms with Gasteiger partial charge in [-0.2, -0.15) is 0 Å². The van der Waals surface area contributed by atoms with Gasteiger partial charge in [0.2, 0.25) is 0 Å². The lowest BCUT2D eigenvalue weighted by molar-refractivity contribution is 0.555. The third-order valence-electron chi connectivity index (χ3n) is 17.0. The molecular weight excluding hydrogens is 961 g/mol. The first-order valence-electron chi connectivity index (χ1n) is 27.4. The largest absolute Gasteiger partial charge is 0.465 e. The third-order valence-corrected chi connectivity index (χ3v) is 17.0. The zero-order valence-corrected chi connectivity index (χ0v) is 45.4. The Morgan fingerprint density at radius 2 is 0.747 bits per heavy atom. The summed E-state index contributed by atoms with van der Waals surface area (Å²) >= 11 is 0. The van der Waals surface area contributed by atoms with Crippen LogP contribution in [0.4, 0.5) is 0 Å². The maximum Gasteiger partial charge on any atom is 0.135 e. The molecule has 0 atom stereocenters. The first-order valence-corrected chi connectivity index (χ1v) is 27.4. The molecule has 0 bridgehead atoms. The maximum absolute atomic E-state index is 6.26. The molecule has 14 aromatic rings. The molecule has 0 unspecified atom stereocenters. The van der Waals surface area contributed by atoms with Crippen molar-refractivity contribution in [3.63, 3.8) is 0 Å². The monoisotopic (exact) mass is 1020 g/mol. The molecule has 0 saturated heterocycles. The summed E-state index contributed by atoms with van der Waals surface area (Å²) in [5, 5.41) is 9.77. The molecule has 3 nitrogen and oxygen atoms in total. The van der Waals surface area contributed by atoms with Gasteiger partial charge in [-0.25, -0.2) is 0 Å². The van der Waals surface area contributed by atoms with Crippen LogP contribution in [0.2, 0.25) is 0 Å². The van der Waals surface area contributed by atoms with Gasteiger partial charge in [0, 0.05) is 32.4 Å². The average molecular weight is 1020 g/mol. The molecule has 0 N–H and O–H groups in total. The number of rotatable bonds is 4. The zero-order chi connectivity index (χ0) is 53.7. The van der Waals surface area contributed by atoms with Crippen LogP contribution in [-0.4, -0.2) is 0 Å². The molecule has 79 heavy (non-hydrogen) atoms. The fourth-order valence-corrected chi connectivity index (χ4v) is 13.0. The fourth-order valence-electron chi connectivity index (χ4n) is 13.0. The first-order chi connectivity index (χ1) is 38.4. The molecular formula is C76H58O3. The van der Waals surface area contributed by atoms with Gasteiger partial charge in [0.05, 0.1) is 6.26 Å². The Morgan fingerprint density at radius 3 is 1.25 bits per heavy atom. The molecule has 3 aromatic heterocycles. The van der Waals surface area contributed by atoms with Crippen LogP contribution in [0.25, 0.3) is 127 Å². The lowest BCUT2D eigenvalue weighted by Crippen LogP contribution is -2.15. The maximum atomic E-state index is 6.26. The Labute approximate surface area is 460 Å². The van der Waals surface area contributed by atoms with E-state index in [0.717, 1.165) is 44.4 Å². The topological polar surface area (TPSA) is 39.4 Å². The lowest BCUT2D eigenvalue weighted by atomic mass is 9.79. The molecule has 2 aliphatic rings. The van der Waals surface area contributed by atoms with E-state index in [1.54, 1.807) is 12.3 Å². The Kier molecular flexibility index (Phi) is 11.1. The van der Waals surface area contributed by atoms with Crippen molar-refractivity contribution < 1.29 is 13.3 Å². The van der Waals surface area contributed by atoms with Crippen molar-refractivity contribution in [2.75, 3.05) is 0 Å². The smallest absolute Gasteiger partial charge is 0.135 e. The van der Waals surface area contributed by atoms with Crippen molar-refractivity contribution >= 4 is 71.5 Å². The van der Waals surface area contributed by atoms with E-state index >= 15 is 0 Å². The second kappa shape index (κ2) is 18.4. The Hall–Kier alpha value is -9.44. The van der Waals surface area contributed by atoms with Crippen molar-refractivity contribution in [2.45, 2.75) is 52.4 Å². The number of furan rings is 3. The third kappa shape index (κ3) is 7.78. The average Bonchev–Trinajstić information content (AvgIpc) is 3.93. The van der Waals surface area contributed by atoms with Gasteiger partial charge in [-0.1, -0.05) is 204 Å². The molecule has 380 valence electrons. The van der Waals surface area contributed by atoms with Crippen LogP contribution in [0, 0.1) is 13.8 Å². The summed E-state index contributed by atoms with van der Waals surface area (Å²) in [6.45, 7) is 17.3. The fraction of sp³-hybridized carbons (Fsp3) is 0.105. The van der Waals surface area contributed by atoms with E-state index in [1.807, 2.05) is 55.5 Å². The highest BCUT2D eigenvalue weighted by atomic mass is 16.3. The minimum absolute atomic E-state index is 0.0960. The number of para-hydroxylation sites is 3. The van der Waals surface area contributed by atoms with Crippen LogP contribution in [0.15, 0.2) is 244 Å². The molecule has 11 aromatic carbocycles. The quantitative estimate of drug-likeness (QED) is 0.165. The molecule has 0 spiro atoms.